The summed E-state index contributed by atoms with van der Waals surface area (Å²) in [6.45, 7) is 5.72. The molecular weight excluding hydrogens is 586 g/mol. The van der Waals surface area contributed by atoms with Crippen molar-refractivity contribution < 1.29 is 22.7 Å². The van der Waals surface area contributed by atoms with Crippen molar-refractivity contribution in [3.05, 3.63) is 131 Å². The first kappa shape index (κ1) is 33.3. The second-order valence-electron chi connectivity index (χ2n) is 11.4. The third-order valence-corrected chi connectivity index (χ3v) is 8.37. The van der Waals surface area contributed by atoms with Gasteiger partial charge in [0, 0.05) is 19.0 Å². The first-order chi connectivity index (χ1) is 21.5. The van der Waals surface area contributed by atoms with Gasteiger partial charge in [-0.1, -0.05) is 90.5 Å². The summed E-state index contributed by atoms with van der Waals surface area (Å²) >= 11 is 0. The van der Waals surface area contributed by atoms with Gasteiger partial charge in [-0.25, -0.2) is 8.42 Å². The van der Waals surface area contributed by atoms with E-state index in [-0.39, 0.29) is 24.9 Å². The average molecular weight is 628 g/mol. The molecule has 0 fully saturated rings. The molecule has 0 saturated heterocycles. The standard InChI is InChI=1S/C36H41N3O5S/c1-27(2)37-36(41)34(23-29-11-7-5-8-12-29)38(24-30-17-15-28(3)16-18-30)35(40)25-39(45(4,42)43)32-19-21-33(22-20-32)44-26-31-13-9-6-10-14-31/h5-22,27,34H,23-26H2,1-4H3,(H,37,41)/t34-/m1/s1. The van der Waals surface area contributed by atoms with Crippen molar-refractivity contribution in [2.24, 2.45) is 0 Å². The minimum absolute atomic E-state index is 0.131. The van der Waals surface area contributed by atoms with E-state index in [1.807, 2.05) is 106 Å². The van der Waals surface area contributed by atoms with Crippen molar-refractivity contribution in [3.63, 3.8) is 0 Å². The molecule has 1 N–H and O–H groups in total. The highest BCUT2D eigenvalue weighted by Gasteiger charge is 2.33. The van der Waals surface area contributed by atoms with Crippen molar-refractivity contribution in [3.8, 4) is 5.75 Å². The molecule has 4 rings (SSSR count). The number of anilines is 1. The van der Waals surface area contributed by atoms with Crippen LogP contribution in [0.3, 0.4) is 0 Å². The van der Waals surface area contributed by atoms with Crippen molar-refractivity contribution in [1.29, 1.82) is 0 Å². The summed E-state index contributed by atoms with van der Waals surface area (Å²) in [6.07, 6.45) is 1.33. The van der Waals surface area contributed by atoms with E-state index < -0.39 is 28.5 Å². The SMILES string of the molecule is Cc1ccc(CN(C(=O)CN(c2ccc(OCc3ccccc3)cc2)S(C)(=O)=O)[C@H](Cc2ccccc2)C(=O)NC(C)C)cc1. The summed E-state index contributed by atoms with van der Waals surface area (Å²) in [7, 11) is -3.87. The Bertz CT molecular complexity index is 1640. The van der Waals surface area contributed by atoms with Crippen LogP contribution in [-0.2, 0) is 39.2 Å². The lowest BCUT2D eigenvalue weighted by Gasteiger charge is -2.34. The summed E-state index contributed by atoms with van der Waals surface area (Å²) in [5, 5.41) is 2.96. The number of rotatable bonds is 14. The second kappa shape index (κ2) is 15.4. The lowest BCUT2D eigenvalue weighted by molar-refractivity contribution is -0.140. The number of nitrogens with zero attached hydrogens (tertiary/aromatic N) is 2. The van der Waals surface area contributed by atoms with E-state index in [0.29, 0.717) is 18.0 Å². The third kappa shape index (κ3) is 9.94. The van der Waals surface area contributed by atoms with Crippen LogP contribution in [0, 0.1) is 6.92 Å². The Balaban J connectivity index is 1.63. The molecule has 45 heavy (non-hydrogen) atoms. The van der Waals surface area contributed by atoms with Gasteiger partial charge in [-0.15, -0.1) is 0 Å². The molecule has 0 unspecified atom stereocenters. The number of nitrogens with one attached hydrogen (secondary N) is 1. The molecule has 2 amide bonds. The zero-order chi connectivity index (χ0) is 32.4. The molecule has 0 heterocycles. The molecule has 0 aliphatic heterocycles. The molecule has 4 aromatic rings. The number of hydrogen-bond donors (Lipinski definition) is 1. The Hall–Kier alpha value is -4.63. The van der Waals surface area contributed by atoms with Crippen LogP contribution in [0.15, 0.2) is 109 Å². The maximum atomic E-state index is 14.2. The number of sulfonamides is 1. The van der Waals surface area contributed by atoms with E-state index in [0.717, 1.165) is 32.8 Å². The lowest BCUT2D eigenvalue weighted by atomic mass is 10.0. The van der Waals surface area contributed by atoms with Crippen LogP contribution in [0.5, 0.6) is 5.75 Å². The number of benzene rings is 4. The molecule has 8 nitrogen and oxygen atoms in total. The molecule has 0 spiro atoms. The normalized spacial score (nSPS) is 11.9. The lowest BCUT2D eigenvalue weighted by Crippen LogP contribution is -2.54. The summed E-state index contributed by atoms with van der Waals surface area (Å²) < 4.78 is 33.1. The monoisotopic (exact) mass is 627 g/mol. The fourth-order valence-corrected chi connectivity index (χ4v) is 5.74. The highest BCUT2D eigenvalue weighted by atomic mass is 32.2. The molecule has 1 atom stereocenters. The summed E-state index contributed by atoms with van der Waals surface area (Å²) in [5.41, 5.74) is 4.10. The quantitative estimate of drug-likeness (QED) is 0.199. The van der Waals surface area contributed by atoms with Gasteiger partial charge in [-0.05, 0) is 61.7 Å². The van der Waals surface area contributed by atoms with Crippen LogP contribution >= 0.6 is 0 Å². The number of ether oxygens (including phenoxy) is 1. The van der Waals surface area contributed by atoms with Gasteiger partial charge in [0.1, 0.15) is 24.9 Å². The first-order valence-corrected chi connectivity index (χ1v) is 16.8. The van der Waals surface area contributed by atoms with Crippen molar-refractivity contribution in [1.82, 2.24) is 10.2 Å². The predicted octanol–water partition coefficient (Wildman–Crippen LogP) is 5.50. The maximum Gasteiger partial charge on any atom is 0.244 e. The smallest absolute Gasteiger partial charge is 0.244 e. The molecule has 0 aromatic heterocycles. The van der Waals surface area contributed by atoms with E-state index in [2.05, 4.69) is 5.32 Å². The minimum Gasteiger partial charge on any atom is -0.489 e. The Morgan fingerprint density at radius 3 is 1.91 bits per heavy atom. The number of aryl methyl sites for hydroxylation is 1. The maximum absolute atomic E-state index is 14.2. The van der Waals surface area contributed by atoms with Gasteiger partial charge in [0.05, 0.1) is 11.9 Å². The number of carbonyl (C=O) groups is 2. The highest BCUT2D eigenvalue weighted by molar-refractivity contribution is 7.92. The second-order valence-corrected chi connectivity index (χ2v) is 13.3. The number of amides is 2. The van der Waals surface area contributed by atoms with E-state index in [1.54, 1.807) is 24.3 Å². The van der Waals surface area contributed by atoms with Gasteiger partial charge in [0.15, 0.2) is 0 Å². The van der Waals surface area contributed by atoms with Crippen molar-refractivity contribution in [2.75, 3.05) is 17.1 Å². The van der Waals surface area contributed by atoms with Gasteiger partial charge in [0.25, 0.3) is 0 Å². The zero-order valence-corrected chi connectivity index (χ0v) is 27.0. The van der Waals surface area contributed by atoms with Crippen LogP contribution in [0.2, 0.25) is 0 Å². The Morgan fingerprint density at radius 2 is 1.36 bits per heavy atom. The van der Waals surface area contributed by atoms with Crippen LogP contribution in [0.25, 0.3) is 0 Å². The highest BCUT2D eigenvalue weighted by Crippen LogP contribution is 2.24. The molecule has 0 aliphatic rings. The van der Waals surface area contributed by atoms with Gasteiger partial charge < -0.3 is 15.0 Å². The summed E-state index contributed by atoms with van der Waals surface area (Å²) in [6, 6.07) is 32.5. The molecule has 0 bridgehead atoms. The van der Waals surface area contributed by atoms with Crippen molar-refractivity contribution in [2.45, 2.75) is 52.4 Å². The van der Waals surface area contributed by atoms with Crippen LogP contribution < -0.4 is 14.4 Å². The topological polar surface area (TPSA) is 96.0 Å². The van der Waals surface area contributed by atoms with Gasteiger partial charge >= 0.3 is 0 Å². The van der Waals surface area contributed by atoms with Crippen molar-refractivity contribution >= 4 is 27.5 Å². The third-order valence-electron chi connectivity index (χ3n) is 7.23. The van der Waals surface area contributed by atoms with E-state index in [1.165, 1.54) is 4.90 Å². The number of hydrogen-bond acceptors (Lipinski definition) is 5. The molecule has 4 aromatic carbocycles. The Labute approximate surface area is 266 Å². The molecule has 0 radical (unpaired) electrons. The van der Waals surface area contributed by atoms with Crippen LogP contribution in [0.1, 0.15) is 36.1 Å². The Morgan fingerprint density at radius 1 is 0.778 bits per heavy atom. The first-order valence-electron chi connectivity index (χ1n) is 14.9. The summed E-state index contributed by atoms with van der Waals surface area (Å²) in [5.74, 6) is -0.234. The number of carbonyl (C=O) groups excluding carboxylic acids is 2. The Kier molecular flexibility index (Phi) is 11.4. The van der Waals surface area contributed by atoms with E-state index in [9.17, 15) is 18.0 Å². The van der Waals surface area contributed by atoms with Crippen LogP contribution in [-0.4, -0.2) is 50.0 Å². The fraction of sp³-hybridized carbons (Fsp3) is 0.278. The van der Waals surface area contributed by atoms with E-state index >= 15 is 0 Å². The molecule has 9 heteroatoms. The largest absolute Gasteiger partial charge is 0.489 e. The molecule has 0 saturated carbocycles. The van der Waals surface area contributed by atoms with Crippen LogP contribution in [0.4, 0.5) is 5.69 Å². The fourth-order valence-electron chi connectivity index (χ4n) is 4.89. The zero-order valence-electron chi connectivity index (χ0n) is 26.2. The van der Waals surface area contributed by atoms with Gasteiger partial charge in [-0.2, -0.15) is 0 Å². The molecular formula is C36H41N3O5S. The average Bonchev–Trinajstić information content (AvgIpc) is 3.02. The minimum atomic E-state index is -3.87. The summed E-state index contributed by atoms with van der Waals surface area (Å²) in [4.78, 5) is 29.4. The van der Waals surface area contributed by atoms with Gasteiger partial charge in [0.2, 0.25) is 21.8 Å². The van der Waals surface area contributed by atoms with E-state index in [4.69, 9.17) is 4.74 Å². The predicted molar refractivity (Wildman–Crippen MR) is 178 cm³/mol. The molecule has 0 aliphatic carbocycles. The van der Waals surface area contributed by atoms with Gasteiger partial charge in [-0.3, -0.25) is 13.9 Å². The molecule has 236 valence electrons.